The minimum atomic E-state index is -1.12. The molecule has 0 nitrogen and oxygen atoms in total. The minimum absolute atomic E-state index is 0.0149. The maximum atomic E-state index is 13.0. The molecule has 4 heteroatoms. The Kier molecular flexibility index (Phi) is 2.46. The van der Waals surface area contributed by atoms with Gasteiger partial charge >= 0.3 is 0 Å². The van der Waals surface area contributed by atoms with Crippen LogP contribution in [0, 0.1) is 31.3 Å². The van der Waals surface area contributed by atoms with Crippen LogP contribution < -0.4 is 0 Å². The van der Waals surface area contributed by atoms with E-state index in [0.717, 1.165) is 0 Å². The minimum Gasteiger partial charge on any atom is -0.205 e. The van der Waals surface area contributed by atoms with E-state index in [1.165, 1.54) is 13.8 Å². The Morgan fingerprint density at radius 2 is 1.25 bits per heavy atom. The van der Waals surface area contributed by atoms with Crippen molar-refractivity contribution in [3.63, 3.8) is 0 Å². The van der Waals surface area contributed by atoms with Crippen LogP contribution in [0.15, 0.2) is 4.47 Å². The maximum Gasteiger partial charge on any atom is 0.165 e. The summed E-state index contributed by atoms with van der Waals surface area (Å²) in [5.74, 6) is -2.86. The van der Waals surface area contributed by atoms with Gasteiger partial charge in [-0.05, 0) is 29.8 Å². The Morgan fingerprint density at radius 3 is 1.75 bits per heavy atom. The number of hydrogen-bond donors (Lipinski definition) is 0. The summed E-state index contributed by atoms with van der Waals surface area (Å²) in [6, 6.07) is 0. The quantitative estimate of drug-likeness (QED) is 0.608. The molecule has 0 N–H and O–H groups in total. The van der Waals surface area contributed by atoms with Crippen LogP contribution in [-0.2, 0) is 0 Å². The van der Waals surface area contributed by atoms with Crippen molar-refractivity contribution >= 4 is 15.9 Å². The second-order valence-corrected chi connectivity index (χ2v) is 3.30. The zero-order chi connectivity index (χ0) is 9.46. The lowest BCUT2D eigenvalue weighted by atomic mass is 10.1. The molecule has 1 aromatic rings. The van der Waals surface area contributed by atoms with Gasteiger partial charge in [-0.25, -0.2) is 13.2 Å². The van der Waals surface area contributed by atoms with Gasteiger partial charge < -0.3 is 0 Å². The second-order valence-electron chi connectivity index (χ2n) is 2.51. The standard InChI is InChI=1S/C8H6BrF3/c1-3-5(9)6(10)4(2)8(12)7(3)11/h1-2H3. The number of rotatable bonds is 0. The fraction of sp³-hybridized carbons (Fsp3) is 0.250. The lowest BCUT2D eigenvalue weighted by molar-refractivity contribution is 0.478. The van der Waals surface area contributed by atoms with Gasteiger partial charge in [-0.15, -0.1) is 0 Å². The number of hydrogen-bond acceptors (Lipinski definition) is 0. The van der Waals surface area contributed by atoms with Crippen LogP contribution in [0.4, 0.5) is 13.2 Å². The van der Waals surface area contributed by atoms with E-state index in [1.54, 1.807) is 0 Å². The van der Waals surface area contributed by atoms with Crippen LogP contribution in [-0.4, -0.2) is 0 Å². The molecule has 0 spiro atoms. The lowest BCUT2D eigenvalue weighted by Crippen LogP contribution is -1.99. The van der Waals surface area contributed by atoms with Crippen molar-refractivity contribution in [3.8, 4) is 0 Å². The van der Waals surface area contributed by atoms with E-state index in [2.05, 4.69) is 15.9 Å². The van der Waals surface area contributed by atoms with Gasteiger partial charge in [0, 0.05) is 11.1 Å². The molecule has 0 atom stereocenters. The molecule has 0 unspecified atom stereocenters. The van der Waals surface area contributed by atoms with Crippen LogP contribution >= 0.6 is 15.9 Å². The monoisotopic (exact) mass is 238 g/mol. The third-order valence-electron chi connectivity index (χ3n) is 1.70. The summed E-state index contributed by atoms with van der Waals surface area (Å²) in [6.45, 7) is 2.50. The molecular formula is C8H6BrF3. The first-order valence-electron chi connectivity index (χ1n) is 3.26. The van der Waals surface area contributed by atoms with E-state index in [4.69, 9.17) is 0 Å². The Balaban J connectivity index is 3.60. The van der Waals surface area contributed by atoms with E-state index in [9.17, 15) is 13.2 Å². The highest BCUT2D eigenvalue weighted by Gasteiger charge is 2.17. The first-order chi connectivity index (χ1) is 5.46. The first-order valence-corrected chi connectivity index (χ1v) is 4.05. The number of halogens is 4. The Bertz CT molecular complexity index is 229. The molecule has 0 bridgehead atoms. The highest BCUT2D eigenvalue weighted by Crippen LogP contribution is 2.27. The SMILES string of the molecule is Cc1c(F)c(F)c(C)c(Br)c1F. The van der Waals surface area contributed by atoms with Gasteiger partial charge in [0.05, 0.1) is 4.47 Å². The molecule has 0 aliphatic carbocycles. The van der Waals surface area contributed by atoms with Gasteiger partial charge in [0.2, 0.25) is 0 Å². The van der Waals surface area contributed by atoms with Gasteiger partial charge in [0.25, 0.3) is 0 Å². The molecule has 66 valence electrons. The predicted octanol–water partition coefficient (Wildman–Crippen LogP) is 3.48. The number of benzene rings is 1. The summed E-state index contributed by atoms with van der Waals surface area (Å²) in [6.07, 6.45) is 0. The lowest BCUT2D eigenvalue weighted by Gasteiger charge is -2.06. The molecule has 0 amide bonds. The highest BCUT2D eigenvalue weighted by molar-refractivity contribution is 9.10. The topological polar surface area (TPSA) is 0 Å². The molecule has 1 rings (SSSR count). The largest absolute Gasteiger partial charge is 0.205 e. The fourth-order valence-electron chi connectivity index (χ4n) is 0.851. The molecule has 0 aliphatic rings. The van der Waals surface area contributed by atoms with Crippen molar-refractivity contribution < 1.29 is 13.2 Å². The van der Waals surface area contributed by atoms with Gasteiger partial charge in [0.1, 0.15) is 5.82 Å². The van der Waals surface area contributed by atoms with Crippen molar-refractivity contribution in [3.05, 3.63) is 33.1 Å². The third-order valence-corrected chi connectivity index (χ3v) is 2.65. The van der Waals surface area contributed by atoms with Crippen LogP contribution in [0.1, 0.15) is 11.1 Å². The highest BCUT2D eigenvalue weighted by atomic mass is 79.9. The van der Waals surface area contributed by atoms with E-state index in [1.807, 2.05) is 0 Å². The summed E-state index contributed by atoms with van der Waals surface area (Å²) in [7, 11) is 0. The zero-order valence-electron chi connectivity index (χ0n) is 6.51. The van der Waals surface area contributed by atoms with Crippen LogP contribution in [0.5, 0.6) is 0 Å². The van der Waals surface area contributed by atoms with Crippen molar-refractivity contribution in [2.45, 2.75) is 13.8 Å². The Labute approximate surface area is 76.5 Å². The molecule has 1 aromatic carbocycles. The maximum absolute atomic E-state index is 13.0. The van der Waals surface area contributed by atoms with Crippen LogP contribution in [0.25, 0.3) is 0 Å². The average molecular weight is 239 g/mol. The van der Waals surface area contributed by atoms with Crippen LogP contribution in [0.3, 0.4) is 0 Å². The van der Waals surface area contributed by atoms with Crippen molar-refractivity contribution in [1.29, 1.82) is 0 Å². The van der Waals surface area contributed by atoms with E-state index in [0.29, 0.717) is 0 Å². The molecule has 0 fully saturated rings. The molecule has 0 saturated heterocycles. The second kappa shape index (κ2) is 3.09. The van der Waals surface area contributed by atoms with E-state index >= 15 is 0 Å². The molecule has 0 aliphatic heterocycles. The zero-order valence-corrected chi connectivity index (χ0v) is 8.10. The fourth-order valence-corrected chi connectivity index (χ4v) is 1.32. The van der Waals surface area contributed by atoms with Crippen molar-refractivity contribution in [2.24, 2.45) is 0 Å². The van der Waals surface area contributed by atoms with Crippen molar-refractivity contribution in [2.75, 3.05) is 0 Å². The summed E-state index contributed by atoms with van der Waals surface area (Å²) >= 11 is 2.83. The average Bonchev–Trinajstić information content (AvgIpc) is 2.08. The summed E-state index contributed by atoms with van der Waals surface area (Å²) < 4.78 is 38.6. The predicted molar refractivity (Wildman–Crippen MR) is 43.5 cm³/mol. The first kappa shape index (κ1) is 9.58. The summed E-state index contributed by atoms with van der Waals surface area (Å²) in [5, 5.41) is 0. The van der Waals surface area contributed by atoms with E-state index < -0.39 is 17.5 Å². The normalized spacial score (nSPS) is 10.5. The van der Waals surface area contributed by atoms with Gasteiger partial charge in [-0.1, -0.05) is 0 Å². The molecule has 0 aromatic heterocycles. The Hall–Kier alpha value is -0.510. The smallest absolute Gasteiger partial charge is 0.165 e. The van der Waals surface area contributed by atoms with Gasteiger partial charge in [-0.2, -0.15) is 0 Å². The van der Waals surface area contributed by atoms with Crippen LogP contribution in [0.2, 0.25) is 0 Å². The Morgan fingerprint density at radius 1 is 0.833 bits per heavy atom. The van der Waals surface area contributed by atoms with Gasteiger partial charge in [0.15, 0.2) is 11.6 Å². The van der Waals surface area contributed by atoms with Gasteiger partial charge in [-0.3, -0.25) is 0 Å². The summed E-state index contributed by atoms with van der Waals surface area (Å²) in [4.78, 5) is 0. The molecule has 0 radical (unpaired) electrons. The molecule has 0 heterocycles. The molecule has 12 heavy (non-hydrogen) atoms. The van der Waals surface area contributed by atoms with E-state index in [-0.39, 0.29) is 15.6 Å². The van der Waals surface area contributed by atoms with Crippen molar-refractivity contribution in [1.82, 2.24) is 0 Å². The third kappa shape index (κ3) is 1.24. The summed E-state index contributed by atoms with van der Waals surface area (Å²) in [5.41, 5.74) is -0.347. The molecular weight excluding hydrogens is 233 g/mol. The molecule has 0 saturated carbocycles.